The quantitative estimate of drug-likeness (QED) is 0.103. The van der Waals surface area contributed by atoms with E-state index in [4.69, 9.17) is 16.3 Å². The predicted octanol–water partition coefficient (Wildman–Crippen LogP) is 6.42. The first-order chi connectivity index (χ1) is 19.6. The van der Waals surface area contributed by atoms with Gasteiger partial charge < -0.3 is 26.6 Å². The smallest absolute Gasteiger partial charge is 0.224 e. The maximum atomic E-state index is 12.5. The summed E-state index contributed by atoms with van der Waals surface area (Å²) in [6, 6.07) is 14.2. The Bertz CT molecular complexity index is 1130. The van der Waals surface area contributed by atoms with Crippen molar-refractivity contribution in [2.75, 3.05) is 18.1 Å². The first-order valence-corrected chi connectivity index (χ1v) is 16.6. The molecule has 1 heterocycles. The summed E-state index contributed by atoms with van der Waals surface area (Å²) in [7, 11) is 0. The van der Waals surface area contributed by atoms with Crippen LogP contribution in [0.4, 0.5) is 5.69 Å². The van der Waals surface area contributed by atoms with Crippen molar-refractivity contribution in [2.24, 2.45) is 0 Å². The van der Waals surface area contributed by atoms with Gasteiger partial charge in [-0.25, -0.2) is 0 Å². The molecular weight excluding hydrogens is 616 g/mol. The molecule has 1 amide bonds. The molecular formula is C34H48BrClN2O2S. The fourth-order valence-electron chi connectivity index (χ4n) is 5.04. The first kappa shape index (κ1) is 35.3. The van der Waals surface area contributed by atoms with Crippen molar-refractivity contribution >= 4 is 34.5 Å². The third-order valence-electron chi connectivity index (χ3n) is 7.37. The van der Waals surface area contributed by atoms with E-state index in [-0.39, 0.29) is 22.9 Å². The molecule has 0 bridgehead atoms. The molecule has 7 heteroatoms. The number of hydrogen-bond acceptors (Lipinski definition) is 3. The monoisotopic (exact) mass is 662 g/mol. The van der Waals surface area contributed by atoms with Crippen LogP contribution in [0.5, 0.6) is 5.75 Å². The summed E-state index contributed by atoms with van der Waals surface area (Å²) in [5, 5.41) is 2.70. The molecule has 3 rings (SSSR count). The first-order valence-electron chi connectivity index (χ1n) is 15.3. The zero-order valence-electron chi connectivity index (χ0n) is 25.0. The van der Waals surface area contributed by atoms with Gasteiger partial charge in [-0.3, -0.25) is 4.79 Å². The summed E-state index contributed by atoms with van der Waals surface area (Å²) in [5.41, 5.74) is 5.28. The summed E-state index contributed by atoms with van der Waals surface area (Å²) >= 11 is 8.23. The Morgan fingerprint density at radius 1 is 0.902 bits per heavy atom. The Morgan fingerprint density at radius 2 is 1.59 bits per heavy atom. The van der Waals surface area contributed by atoms with Gasteiger partial charge in [0.15, 0.2) is 12.7 Å². The Kier molecular flexibility index (Phi) is 18.0. The van der Waals surface area contributed by atoms with Crippen molar-refractivity contribution in [1.29, 1.82) is 0 Å². The van der Waals surface area contributed by atoms with Crippen LogP contribution in [0.25, 0.3) is 0 Å². The second kappa shape index (κ2) is 20.9. The average molecular weight is 664 g/mol. The highest BCUT2D eigenvalue weighted by atomic mass is 79.9. The van der Waals surface area contributed by atoms with Gasteiger partial charge >= 0.3 is 0 Å². The average Bonchev–Trinajstić information content (AvgIpc) is 3.45. The van der Waals surface area contributed by atoms with E-state index >= 15 is 0 Å². The number of carbonyl (C=O) groups excluding carboxylic acids is 1. The van der Waals surface area contributed by atoms with Crippen molar-refractivity contribution in [1.82, 2.24) is 0 Å². The molecule has 1 aromatic heterocycles. The number of anilines is 1. The SMILES string of the molecule is CCCCCCCCCCCCCCOc1ccc(CCN(C(C)=O)c2cccc(C[n+]3ccsc3)c2)cc1Cl.[Br-]. The van der Waals surface area contributed by atoms with Crippen molar-refractivity contribution in [3.05, 3.63) is 75.7 Å². The van der Waals surface area contributed by atoms with Crippen molar-refractivity contribution < 1.29 is 31.1 Å². The second-order valence-corrected chi connectivity index (χ2v) is 12.0. The molecule has 3 aromatic rings. The number of halogens is 2. The molecule has 226 valence electrons. The van der Waals surface area contributed by atoms with Crippen LogP contribution >= 0.6 is 22.9 Å². The molecule has 0 radical (unpaired) electrons. The Morgan fingerprint density at radius 3 is 2.20 bits per heavy atom. The lowest BCUT2D eigenvalue weighted by Crippen LogP contribution is -3.00. The second-order valence-electron chi connectivity index (χ2n) is 10.8. The Balaban J connectivity index is 0.00000588. The fourth-order valence-corrected chi connectivity index (χ4v) is 5.89. The molecule has 41 heavy (non-hydrogen) atoms. The number of amides is 1. The fraction of sp³-hybridized carbons (Fsp3) is 0.529. The van der Waals surface area contributed by atoms with E-state index in [1.807, 2.05) is 29.2 Å². The number of ether oxygens (including phenoxy) is 1. The summed E-state index contributed by atoms with van der Waals surface area (Å²) in [6.45, 7) is 5.99. The van der Waals surface area contributed by atoms with Crippen LogP contribution < -0.4 is 31.2 Å². The van der Waals surface area contributed by atoms with E-state index in [0.717, 1.165) is 36.4 Å². The van der Waals surface area contributed by atoms with Gasteiger partial charge in [0, 0.05) is 24.7 Å². The molecule has 0 spiro atoms. The minimum absolute atomic E-state index is 0. The van der Waals surface area contributed by atoms with Crippen LogP contribution in [-0.2, 0) is 17.8 Å². The van der Waals surface area contributed by atoms with Gasteiger partial charge in [0.05, 0.1) is 17.0 Å². The van der Waals surface area contributed by atoms with Gasteiger partial charge in [-0.2, -0.15) is 4.57 Å². The summed E-state index contributed by atoms with van der Waals surface area (Å²) in [5.74, 6) is 0.782. The molecule has 2 aromatic carbocycles. The van der Waals surface area contributed by atoms with Crippen molar-refractivity contribution in [2.45, 2.75) is 104 Å². The molecule has 0 unspecified atom stereocenters. The van der Waals surface area contributed by atoms with E-state index in [1.54, 1.807) is 18.3 Å². The number of unbranched alkanes of at least 4 members (excludes halogenated alkanes) is 11. The lowest BCUT2D eigenvalue weighted by atomic mass is 10.1. The van der Waals surface area contributed by atoms with Crippen LogP contribution in [0.2, 0.25) is 5.02 Å². The molecule has 0 aliphatic heterocycles. The van der Waals surface area contributed by atoms with Crippen molar-refractivity contribution in [3.63, 3.8) is 0 Å². The molecule has 0 saturated heterocycles. The minimum Gasteiger partial charge on any atom is -1.00 e. The molecule has 0 atom stereocenters. The number of thiazole rings is 1. The molecule has 0 aliphatic rings. The van der Waals surface area contributed by atoms with E-state index < -0.39 is 0 Å². The predicted molar refractivity (Wildman–Crippen MR) is 170 cm³/mol. The van der Waals surface area contributed by atoms with E-state index in [2.05, 4.69) is 46.8 Å². The Hall–Kier alpha value is -1.89. The summed E-state index contributed by atoms with van der Waals surface area (Å²) in [4.78, 5) is 14.3. The van der Waals surface area contributed by atoms with Crippen LogP contribution in [-0.4, -0.2) is 19.1 Å². The largest absolute Gasteiger partial charge is 1.00 e. The number of nitrogens with zero attached hydrogens (tertiary/aromatic N) is 2. The van der Waals surface area contributed by atoms with Crippen molar-refractivity contribution in [3.8, 4) is 5.75 Å². The molecule has 0 saturated carbocycles. The van der Waals surface area contributed by atoms with E-state index in [9.17, 15) is 4.79 Å². The summed E-state index contributed by atoms with van der Waals surface area (Å²) in [6.07, 6.45) is 18.8. The number of carbonyl (C=O) groups is 1. The van der Waals surface area contributed by atoms with E-state index in [0.29, 0.717) is 18.2 Å². The Labute approximate surface area is 267 Å². The maximum absolute atomic E-state index is 12.5. The highest BCUT2D eigenvalue weighted by Gasteiger charge is 2.14. The van der Waals surface area contributed by atoms with Gasteiger partial charge in [0.2, 0.25) is 11.4 Å². The van der Waals surface area contributed by atoms with Crippen LogP contribution in [0.1, 0.15) is 102 Å². The zero-order chi connectivity index (χ0) is 28.4. The number of benzene rings is 2. The topological polar surface area (TPSA) is 33.4 Å². The van der Waals surface area contributed by atoms with Gasteiger partial charge in [-0.1, -0.05) is 119 Å². The lowest BCUT2D eigenvalue weighted by molar-refractivity contribution is -0.683. The van der Waals surface area contributed by atoms with E-state index in [1.165, 1.54) is 76.2 Å². The van der Waals surface area contributed by atoms with Crippen LogP contribution in [0.15, 0.2) is 59.6 Å². The molecule has 0 N–H and O–H groups in total. The number of hydrogen-bond donors (Lipinski definition) is 0. The van der Waals surface area contributed by atoms with Gasteiger partial charge in [0.25, 0.3) is 0 Å². The maximum Gasteiger partial charge on any atom is 0.224 e. The van der Waals surface area contributed by atoms with Crippen LogP contribution in [0, 0.1) is 0 Å². The van der Waals surface area contributed by atoms with Crippen LogP contribution in [0.3, 0.4) is 0 Å². The molecule has 0 fully saturated rings. The van der Waals surface area contributed by atoms with Gasteiger partial charge in [-0.05, 0) is 42.7 Å². The number of rotatable bonds is 20. The lowest BCUT2D eigenvalue weighted by Gasteiger charge is -2.22. The third kappa shape index (κ3) is 13.8. The summed E-state index contributed by atoms with van der Waals surface area (Å²) < 4.78 is 8.12. The molecule has 0 aliphatic carbocycles. The molecule has 4 nitrogen and oxygen atoms in total. The minimum atomic E-state index is 0. The zero-order valence-corrected chi connectivity index (χ0v) is 28.1. The van der Waals surface area contributed by atoms with Gasteiger partial charge in [0.1, 0.15) is 5.75 Å². The number of aromatic nitrogens is 1. The highest BCUT2D eigenvalue weighted by molar-refractivity contribution is 7.07. The normalized spacial score (nSPS) is 10.8. The third-order valence-corrected chi connectivity index (χ3v) is 8.34. The van der Waals surface area contributed by atoms with Gasteiger partial charge in [-0.15, -0.1) is 0 Å². The highest BCUT2D eigenvalue weighted by Crippen LogP contribution is 2.27. The standard InChI is InChI=1S/C34H48ClN2O2S.BrH/c1-3-4-5-6-7-8-9-10-11-12-13-14-23-39-34-19-18-30(26-33(34)35)20-21-37(29(2)38)32-17-15-16-31(25-32)27-36-22-24-40-28-36;/h15-19,22,24-26,28H,3-14,20-21,23,27H2,1-2H3;1H/q+1;/p-1.